The van der Waals surface area contributed by atoms with Crippen molar-refractivity contribution in [3.05, 3.63) is 59.2 Å². The van der Waals surface area contributed by atoms with Crippen LogP contribution in [0.25, 0.3) is 11.1 Å². The predicted molar refractivity (Wildman–Crippen MR) is 113 cm³/mol. The van der Waals surface area contributed by atoms with Gasteiger partial charge in [-0.25, -0.2) is 0 Å². The van der Waals surface area contributed by atoms with E-state index in [0.717, 1.165) is 49.4 Å². The summed E-state index contributed by atoms with van der Waals surface area (Å²) in [7, 11) is 0. The first-order valence-electron chi connectivity index (χ1n) is 10.7. The van der Waals surface area contributed by atoms with Crippen LogP contribution in [0.3, 0.4) is 0 Å². The van der Waals surface area contributed by atoms with Crippen LogP contribution < -0.4 is 0 Å². The Morgan fingerprint density at radius 3 is 1.97 bits per heavy atom. The summed E-state index contributed by atoms with van der Waals surface area (Å²) < 4.78 is 78.6. The van der Waals surface area contributed by atoms with E-state index in [1.807, 2.05) is 24.0 Å². The largest absolute Gasteiger partial charge is 0.430 e. The average molecular weight is 486 g/mol. The van der Waals surface area contributed by atoms with E-state index in [1.165, 1.54) is 0 Å². The lowest BCUT2D eigenvalue weighted by molar-refractivity contribution is -0.376. The molecule has 2 aliphatic rings. The van der Waals surface area contributed by atoms with Gasteiger partial charge in [0.05, 0.1) is 0 Å². The Morgan fingerprint density at radius 2 is 1.50 bits per heavy atom. The highest BCUT2D eigenvalue weighted by atomic mass is 19.4. The zero-order chi connectivity index (χ0) is 25.1. The molecule has 184 valence electrons. The molecule has 2 fully saturated rings. The van der Waals surface area contributed by atoms with E-state index in [2.05, 4.69) is 4.90 Å². The molecule has 0 saturated carbocycles. The van der Waals surface area contributed by atoms with Gasteiger partial charge in [-0.3, -0.25) is 9.69 Å². The van der Waals surface area contributed by atoms with Crippen molar-refractivity contribution >= 4 is 5.91 Å². The maximum atomic E-state index is 13.1. The van der Waals surface area contributed by atoms with Crippen molar-refractivity contribution < 1.29 is 36.2 Å². The summed E-state index contributed by atoms with van der Waals surface area (Å²) in [6.07, 6.45) is -11.8. The average Bonchev–Trinajstić information content (AvgIpc) is 2.66. The maximum absolute atomic E-state index is 13.1. The molecule has 1 N–H and O–H groups in total. The van der Waals surface area contributed by atoms with Crippen molar-refractivity contribution in [2.75, 3.05) is 26.2 Å². The molecule has 1 spiro atoms. The molecule has 4 rings (SSSR count). The molecule has 2 saturated heterocycles. The van der Waals surface area contributed by atoms with Crippen LogP contribution in [0.4, 0.5) is 26.3 Å². The van der Waals surface area contributed by atoms with Crippen LogP contribution in [0.15, 0.2) is 42.5 Å². The SMILES string of the molecule is CC(=O)N1CC2(CN(Cc3ccc(-c4ccc(C(O)(C(F)(F)F)C(F)(F)F)cc4)c(C)c3)C2)C1. The third-order valence-electron chi connectivity index (χ3n) is 6.75. The molecule has 0 unspecified atom stereocenters. The summed E-state index contributed by atoms with van der Waals surface area (Å²) in [6, 6.07) is 9.23. The van der Waals surface area contributed by atoms with E-state index in [4.69, 9.17) is 0 Å². The number of amides is 1. The second-order valence-electron chi connectivity index (χ2n) is 9.45. The third-order valence-corrected chi connectivity index (χ3v) is 6.75. The number of likely N-dealkylation sites (tertiary alicyclic amines) is 2. The Balaban J connectivity index is 1.45. The molecule has 2 aliphatic heterocycles. The van der Waals surface area contributed by atoms with Crippen molar-refractivity contribution in [2.45, 2.75) is 38.3 Å². The number of carbonyl (C=O) groups excluding carboxylic acids is 1. The van der Waals surface area contributed by atoms with E-state index < -0.39 is 23.5 Å². The first-order valence-corrected chi connectivity index (χ1v) is 10.7. The number of aryl methyl sites for hydroxylation is 1. The minimum atomic E-state index is -5.91. The zero-order valence-electron chi connectivity index (χ0n) is 18.6. The Morgan fingerprint density at radius 1 is 0.941 bits per heavy atom. The zero-order valence-corrected chi connectivity index (χ0v) is 18.6. The summed E-state index contributed by atoms with van der Waals surface area (Å²) in [5.74, 6) is 0.0878. The molecular formula is C24H24F6N2O2. The summed E-state index contributed by atoms with van der Waals surface area (Å²) in [5.41, 5.74) is -3.04. The van der Waals surface area contributed by atoms with Crippen LogP contribution in [0.1, 0.15) is 23.6 Å². The van der Waals surface area contributed by atoms with Crippen molar-refractivity contribution in [1.29, 1.82) is 0 Å². The molecule has 4 nitrogen and oxygen atoms in total. The van der Waals surface area contributed by atoms with Crippen molar-refractivity contribution in [2.24, 2.45) is 5.41 Å². The number of hydrogen-bond acceptors (Lipinski definition) is 3. The number of carbonyl (C=O) groups is 1. The highest BCUT2D eigenvalue weighted by Crippen LogP contribution is 2.50. The maximum Gasteiger partial charge on any atom is 0.430 e. The monoisotopic (exact) mass is 486 g/mol. The molecular weight excluding hydrogens is 462 g/mol. The van der Waals surface area contributed by atoms with Gasteiger partial charge >= 0.3 is 12.4 Å². The fourth-order valence-electron chi connectivity index (χ4n) is 4.99. The highest BCUT2D eigenvalue weighted by Gasteiger charge is 2.71. The molecule has 0 radical (unpaired) electrons. The fraction of sp³-hybridized carbons (Fsp3) is 0.458. The number of nitrogens with zero attached hydrogens (tertiary/aromatic N) is 2. The van der Waals surface area contributed by atoms with Crippen LogP contribution in [-0.2, 0) is 16.9 Å². The fourth-order valence-corrected chi connectivity index (χ4v) is 4.99. The lowest BCUT2D eigenvalue weighted by atomic mass is 9.72. The lowest BCUT2D eigenvalue weighted by Gasteiger charge is -2.60. The first kappa shape index (κ1) is 24.5. The van der Waals surface area contributed by atoms with Gasteiger partial charge in [-0.1, -0.05) is 42.5 Å². The molecule has 0 bridgehead atoms. The third kappa shape index (κ3) is 4.07. The van der Waals surface area contributed by atoms with Crippen molar-refractivity contribution in [3.63, 3.8) is 0 Å². The Labute approximate surface area is 192 Å². The molecule has 34 heavy (non-hydrogen) atoms. The van der Waals surface area contributed by atoms with Gasteiger partial charge in [0.15, 0.2) is 0 Å². The Bertz CT molecular complexity index is 1070. The molecule has 2 heterocycles. The lowest BCUT2D eigenvalue weighted by Crippen LogP contribution is -2.72. The molecule has 0 aromatic heterocycles. The van der Waals surface area contributed by atoms with E-state index in [0.29, 0.717) is 29.8 Å². The van der Waals surface area contributed by atoms with Gasteiger partial charge < -0.3 is 10.0 Å². The molecule has 0 aliphatic carbocycles. The number of rotatable bonds is 4. The smallest absolute Gasteiger partial charge is 0.369 e. The molecule has 0 atom stereocenters. The number of benzene rings is 2. The summed E-state index contributed by atoms with van der Waals surface area (Å²) in [5, 5.41) is 9.55. The van der Waals surface area contributed by atoms with Gasteiger partial charge in [0, 0.05) is 50.6 Å². The summed E-state index contributed by atoms with van der Waals surface area (Å²) in [4.78, 5) is 15.5. The van der Waals surface area contributed by atoms with E-state index >= 15 is 0 Å². The van der Waals surface area contributed by atoms with Crippen molar-refractivity contribution in [1.82, 2.24) is 9.80 Å². The molecule has 2 aromatic rings. The molecule has 2 aromatic carbocycles. The number of hydrogen-bond donors (Lipinski definition) is 1. The quantitative estimate of drug-likeness (QED) is 0.641. The van der Waals surface area contributed by atoms with Crippen LogP contribution in [0.5, 0.6) is 0 Å². The standard InChI is InChI=1S/C24H24F6N2O2/c1-15-9-17(10-31-11-21(12-31)13-32(14-21)16(2)33)3-8-20(15)18-4-6-19(7-5-18)22(34,23(25,26)27)24(28,29)30/h3-9,34H,10-14H2,1-2H3. The highest BCUT2D eigenvalue weighted by molar-refractivity contribution is 5.74. The summed E-state index contributed by atoms with van der Waals surface area (Å²) >= 11 is 0. The number of aliphatic hydroxyl groups is 1. The van der Waals surface area contributed by atoms with Crippen LogP contribution in [0, 0.1) is 12.3 Å². The van der Waals surface area contributed by atoms with Crippen molar-refractivity contribution in [3.8, 4) is 11.1 Å². The van der Waals surface area contributed by atoms with E-state index in [1.54, 1.807) is 13.0 Å². The minimum Gasteiger partial charge on any atom is -0.369 e. The van der Waals surface area contributed by atoms with E-state index in [-0.39, 0.29) is 11.3 Å². The van der Waals surface area contributed by atoms with Crippen LogP contribution in [-0.4, -0.2) is 59.3 Å². The molecule has 1 amide bonds. The van der Waals surface area contributed by atoms with Gasteiger partial charge in [0.25, 0.3) is 5.60 Å². The predicted octanol–water partition coefficient (Wildman–Crippen LogP) is 4.64. The molecule has 10 heteroatoms. The Kier molecular flexibility index (Phi) is 5.76. The Hall–Kier alpha value is -2.59. The second kappa shape index (κ2) is 7.98. The topological polar surface area (TPSA) is 43.8 Å². The van der Waals surface area contributed by atoms with Gasteiger partial charge in [-0.2, -0.15) is 26.3 Å². The first-order chi connectivity index (χ1) is 15.7. The minimum absolute atomic E-state index is 0.0878. The van der Waals surface area contributed by atoms with Gasteiger partial charge in [0.1, 0.15) is 0 Å². The summed E-state index contributed by atoms with van der Waals surface area (Å²) in [6.45, 7) is 7.47. The van der Waals surface area contributed by atoms with Gasteiger partial charge in [-0.15, -0.1) is 0 Å². The van der Waals surface area contributed by atoms with E-state index in [9.17, 15) is 36.2 Å². The van der Waals surface area contributed by atoms with Crippen LogP contribution in [0.2, 0.25) is 0 Å². The second-order valence-corrected chi connectivity index (χ2v) is 9.45. The number of alkyl halides is 6. The van der Waals surface area contributed by atoms with Gasteiger partial charge in [0.2, 0.25) is 5.91 Å². The normalized spacial score (nSPS) is 18.6. The van der Waals surface area contributed by atoms with Crippen LogP contribution >= 0.6 is 0 Å². The van der Waals surface area contributed by atoms with Gasteiger partial charge in [-0.05, 0) is 29.2 Å². The number of halogens is 6.